The summed E-state index contributed by atoms with van der Waals surface area (Å²) in [4.78, 5) is 0.0658. The molecule has 6 nitrogen and oxygen atoms in total. The highest BCUT2D eigenvalue weighted by atomic mass is 35.5. The molecule has 0 atom stereocenters. The van der Waals surface area contributed by atoms with E-state index >= 15 is 0 Å². The van der Waals surface area contributed by atoms with E-state index in [2.05, 4.69) is 5.10 Å². The largest absolute Gasteiger partial charge is 0.327 e. The van der Waals surface area contributed by atoms with Crippen molar-refractivity contribution < 1.29 is 12.8 Å². The van der Waals surface area contributed by atoms with Gasteiger partial charge in [0, 0.05) is 38.3 Å². The lowest BCUT2D eigenvalue weighted by atomic mass is 10.0. The summed E-state index contributed by atoms with van der Waals surface area (Å²) < 4.78 is 41.0. The number of nitrogens with two attached hydrogens (primary N) is 1. The topological polar surface area (TPSA) is 81.2 Å². The van der Waals surface area contributed by atoms with E-state index in [1.807, 2.05) is 13.8 Å². The number of sulfonamides is 1. The van der Waals surface area contributed by atoms with E-state index in [0.29, 0.717) is 6.42 Å². The third-order valence-corrected chi connectivity index (χ3v) is 6.61. The standard InChI is InChI=1S/C18H24ClFN4O2S.ClH/c1-12-16(13(2)24(22-12)11-15(20)7-8-21)9-14-5-6-18(17(19)10-14)27(25,26)23(3)4;/h5-7,10H,8-9,11,21H2,1-4H3;1H/b15-7-;. The summed E-state index contributed by atoms with van der Waals surface area (Å²) in [6.45, 7) is 3.90. The average Bonchev–Trinajstić information content (AvgIpc) is 2.82. The molecule has 1 aromatic carbocycles. The Hall–Kier alpha value is -1.45. The van der Waals surface area contributed by atoms with Crippen molar-refractivity contribution in [2.75, 3.05) is 20.6 Å². The van der Waals surface area contributed by atoms with E-state index in [4.69, 9.17) is 17.3 Å². The van der Waals surface area contributed by atoms with Crippen molar-refractivity contribution in [3.8, 4) is 0 Å². The van der Waals surface area contributed by atoms with Crippen molar-refractivity contribution in [2.45, 2.75) is 31.7 Å². The van der Waals surface area contributed by atoms with Gasteiger partial charge in [-0.15, -0.1) is 12.4 Å². The molecule has 2 rings (SSSR count). The number of rotatable bonds is 7. The van der Waals surface area contributed by atoms with E-state index in [0.717, 1.165) is 26.8 Å². The van der Waals surface area contributed by atoms with E-state index in [9.17, 15) is 12.8 Å². The van der Waals surface area contributed by atoms with Crippen molar-refractivity contribution in [1.82, 2.24) is 14.1 Å². The molecule has 0 spiro atoms. The third-order valence-electron chi connectivity index (χ3n) is 4.31. The van der Waals surface area contributed by atoms with Crippen molar-refractivity contribution >= 4 is 34.0 Å². The van der Waals surface area contributed by atoms with Gasteiger partial charge in [0.2, 0.25) is 10.0 Å². The first-order valence-corrected chi connectivity index (χ1v) is 10.2. The number of benzene rings is 1. The van der Waals surface area contributed by atoms with Gasteiger partial charge in [-0.1, -0.05) is 17.7 Å². The Labute approximate surface area is 176 Å². The number of aryl methyl sites for hydroxylation is 1. The van der Waals surface area contributed by atoms with Gasteiger partial charge < -0.3 is 5.73 Å². The zero-order valence-electron chi connectivity index (χ0n) is 16.2. The van der Waals surface area contributed by atoms with Crippen LogP contribution in [0.1, 0.15) is 22.5 Å². The number of aromatic nitrogens is 2. The molecular formula is C18H25Cl2FN4O2S. The van der Waals surface area contributed by atoms with E-state index < -0.39 is 10.0 Å². The normalized spacial score (nSPS) is 12.4. The van der Waals surface area contributed by atoms with Crippen LogP contribution in [0.2, 0.25) is 5.02 Å². The fourth-order valence-corrected chi connectivity index (χ4v) is 4.18. The van der Waals surface area contributed by atoms with Gasteiger partial charge in [0.05, 0.1) is 17.3 Å². The monoisotopic (exact) mass is 450 g/mol. The van der Waals surface area contributed by atoms with Gasteiger partial charge in [-0.3, -0.25) is 4.68 Å². The minimum absolute atomic E-state index is 0. The number of hydrogen-bond acceptors (Lipinski definition) is 4. The molecular weight excluding hydrogens is 426 g/mol. The van der Waals surface area contributed by atoms with E-state index in [1.54, 1.807) is 16.8 Å². The average molecular weight is 451 g/mol. The quantitative estimate of drug-likeness (QED) is 0.701. The van der Waals surface area contributed by atoms with Crippen LogP contribution in [0.4, 0.5) is 4.39 Å². The lowest BCUT2D eigenvalue weighted by Crippen LogP contribution is -2.22. The first kappa shape index (κ1) is 24.6. The summed E-state index contributed by atoms with van der Waals surface area (Å²) in [6.07, 6.45) is 1.84. The van der Waals surface area contributed by atoms with Crippen LogP contribution in [0.3, 0.4) is 0 Å². The maximum Gasteiger partial charge on any atom is 0.244 e. The zero-order valence-corrected chi connectivity index (χ0v) is 18.6. The highest BCUT2D eigenvalue weighted by molar-refractivity contribution is 7.89. The molecule has 10 heteroatoms. The van der Waals surface area contributed by atoms with Gasteiger partial charge in [-0.05, 0) is 37.6 Å². The molecule has 2 aromatic rings. The molecule has 0 aliphatic rings. The molecule has 0 saturated carbocycles. The van der Waals surface area contributed by atoms with Crippen LogP contribution in [0.5, 0.6) is 0 Å². The van der Waals surface area contributed by atoms with Crippen LogP contribution in [0.15, 0.2) is 35.0 Å². The number of hydrogen-bond donors (Lipinski definition) is 1. The molecule has 0 aliphatic heterocycles. The Morgan fingerprint density at radius 2 is 2.00 bits per heavy atom. The van der Waals surface area contributed by atoms with Gasteiger partial charge in [-0.2, -0.15) is 5.10 Å². The van der Waals surface area contributed by atoms with Crippen molar-refractivity contribution in [3.05, 3.63) is 57.6 Å². The Balaban J connectivity index is 0.00000392. The lowest BCUT2D eigenvalue weighted by molar-refractivity contribution is 0.517. The maximum atomic E-state index is 13.8. The minimum atomic E-state index is -3.60. The summed E-state index contributed by atoms with van der Waals surface area (Å²) >= 11 is 6.22. The summed E-state index contributed by atoms with van der Waals surface area (Å²) in [6, 6.07) is 4.88. The Kier molecular flexibility index (Phi) is 8.64. The second-order valence-electron chi connectivity index (χ2n) is 6.42. The maximum absolute atomic E-state index is 13.8. The van der Waals surface area contributed by atoms with Crippen LogP contribution in [-0.2, 0) is 23.0 Å². The first-order chi connectivity index (χ1) is 12.6. The van der Waals surface area contributed by atoms with Gasteiger partial charge >= 0.3 is 0 Å². The molecule has 0 saturated heterocycles. The van der Waals surface area contributed by atoms with Gasteiger partial charge in [-0.25, -0.2) is 17.1 Å². The predicted molar refractivity (Wildman–Crippen MR) is 112 cm³/mol. The Morgan fingerprint density at radius 3 is 2.54 bits per heavy atom. The molecule has 156 valence electrons. The molecule has 0 aliphatic carbocycles. The van der Waals surface area contributed by atoms with Gasteiger partial charge in [0.25, 0.3) is 0 Å². The van der Waals surface area contributed by atoms with Crippen molar-refractivity contribution in [3.63, 3.8) is 0 Å². The van der Waals surface area contributed by atoms with Crippen molar-refractivity contribution in [1.29, 1.82) is 0 Å². The molecule has 0 bridgehead atoms. The van der Waals surface area contributed by atoms with Crippen LogP contribution < -0.4 is 5.73 Å². The molecule has 1 heterocycles. The summed E-state index contributed by atoms with van der Waals surface area (Å²) in [7, 11) is -0.687. The Morgan fingerprint density at radius 1 is 1.36 bits per heavy atom. The number of nitrogens with zero attached hydrogens (tertiary/aromatic N) is 3. The Bertz CT molecular complexity index is 972. The predicted octanol–water partition coefficient (Wildman–Crippen LogP) is 3.23. The van der Waals surface area contributed by atoms with Crippen LogP contribution >= 0.6 is 24.0 Å². The van der Waals surface area contributed by atoms with Gasteiger partial charge in [0.1, 0.15) is 10.7 Å². The second-order valence-corrected chi connectivity index (χ2v) is 8.95. The van der Waals surface area contributed by atoms with E-state index in [1.165, 1.54) is 26.2 Å². The lowest BCUT2D eigenvalue weighted by Gasteiger charge is -2.13. The fraction of sp³-hybridized carbons (Fsp3) is 0.389. The third kappa shape index (κ3) is 5.33. The molecule has 2 N–H and O–H groups in total. The highest BCUT2D eigenvalue weighted by Gasteiger charge is 2.21. The highest BCUT2D eigenvalue weighted by Crippen LogP contribution is 2.27. The SMILES string of the molecule is Cc1nn(C/C(F)=C/CN)c(C)c1Cc1ccc(S(=O)(=O)N(C)C)c(Cl)c1.Cl. The molecule has 0 amide bonds. The summed E-state index contributed by atoms with van der Waals surface area (Å²) in [5.41, 5.74) is 8.76. The molecule has 28 heavy (non-hydrogen) atoms. The summed E-state index contributed by atoms with van der Waals surface area (Å²) in [5.74, 6) is -0.337. The second kappa shape index (κ2) is 9.84. The fourth-order valence-electron chi connectivity index (χ4n) is 2.74. The van der Waals surface area contributed by atoms with Crippen molar-refractivity contribution in [2.24, 2.45) is 5.73 Å². The first-order valence-electron chi connectivity index (χ1n) is 8.36. The smallest absolute Gasteiger partial charge is 0.244 e. The van der Waals surface area contributed by atoms with Gasteiger partial charge in [0.15, 0.2) is 0 Å². The minimum Gasteiger partial charge on any atom is -0.327 e. The van der Waals surface area contributed by atoms with Crippen LogP contribution in [0, 0.1) is 13.8 Å². The van der Waals surface area contributed by atoms with Crippen LogP contribution in [0.25, 0.3) is 0 Å². The van der Waals surface area contributed by atoms with E-state index in [-0.39, 0.29) is 41.2 Å². The number of allylic oxidation sites excluding steroid dienone is 1. The number of halogens is 3. The molecule has 0 unspecified atom stereocenters. The molecule has 0 fully saturated rings. The molecule has 1 aromatic heterocycles. The molecule has 0 radical (unpaired) electrons. The summed E-state index contributed by atoms with van der Waals surface area (Å²) in [5, 5.41) is 4.56. The van der Waals surface area contributed by atoms with Crippen LogP contribution in [-0.4, -0.2) is 43.1 Å². The zero-order chi connectivity index (χ0) is 20.4.